The summed E-state index contributed by atoms with van der Waals surface area (Å²) in [6, 6.07) is 3.76. The van der Waals surface area contributed by atoms with Crippen molar-refractivity contribution < 1.29 is 23.8 Å². The van der Waals surface area contributed by atoms with E-state index in [0.717, 1.165) is 5.56 Å². The molecule has 3 N–H and O–H groups in total. The second-order valence-corrected chi connectivity index (χ2v) is 6.24. The highest BCUT2D eigenvalue weighted by Crippen LogP contribution is 2.29. The zero-order valence-electron chi connectivity index (χ0n) is 13.1. The van der Waals surface area contributed by atoms with Gasteiger partial charge in [0.15, 0.2) is 0 Å². The number of carboxylic acid groups (broad SMARTS) is 1. The first kappa shape index (κ1) is 18.5. The number of aliphatic carboxylic acids is 1. The van der Waals surface area contributed by atoms with Crippen LogP contribution in [-0.2, 0) is 16.0 Å². The molecule has 1 aromatic rings. The third kappa shape index (κ3) is 5.35. The molecule has 0 radical (unpaired) electrons. The Balaban J connectivity index is 2.05. The van der Waals surface area contributed by atoms with Crippen molar-refractivity contribution in [1.82, 2.24) is 10.6 Å². The molecule has 1 aliphatic rings. The van der Waals surface area contributed by atoms with Gasteiger partial charge in [-0.2, -0.15) is 0 Å². The molecular formula is C16H20ClFN2O4. The largest absolute Gasteiger partial charge is 0.481 e. The molecule has 1 saturated heterocycles. The van der Waals surface area contributed by atoms with E-state index in [9.17, 15) is 14.0 Å². The predicted octanol–water partition coefficient (Wildman–Crippen LogP) is 2.34. The molecule has 2 amide bonds. The molecule has 1 aliphatic heterocycles. The van der Waals surface area contributed by atoms with Crippen LogP contribution < -0.4 is 10.6 Å². The number of carboxylic acids is 1. The van der Waals surface area contributed by atoms with Crippen molar-refractivity contribution in [2.24, 2.45) is 0 Å². The minimum atomic E-state index is -0.978. The maximum absolute atomic E-state index is 13.2. The van der Waals surface area contributed by atoms with Crippen molar-refractivity contribution in [2.45, 2.75) is 31.2 Å². The SMILES string of the molecule is O=C(O)CCNC(=O)NC1(Cc2ccc(F)cc2Cl)CCOCC1. The van der Waals surface area contributed by atoms with Crippen LogP contribution in [0.2, 0.25) is 5.02 Å². The molecule has 8 heteroatoms. The van der Waals surface area contributed by atoms with Gasteiger partial charge in [0.1, 0.15) is 5.82 Å². The highest BCUT2D eigenvalue weighted by Gasteiger charge is 2.35. The van der Waals surface area contributed by atoms with Crippen LogP contribution in [0.5, 0.6) is 0 Å². The molecule has 132 valence electrons. The number of hydrogen-bond acceptors (Lipinski definition) is 3. The molecule has 0 saturated carbocycles. The lowest BCUT2D eigenvalue weighted by atomic mass is 9.83. The van der Waals surface area contributed by atoms with Crippen molar-refractivity contribution in [2.75, 3.05) is 19.8 Å². The number of carbonyl (C=O) groups is 2. The van der Waals surface area contributed by atoms with Gasteiger partial charge in [-0.1, -0.05) is 17.7 Å². The zero-order chi connectivity index (χ0) is 17.6. The monoisotopic (exact) mass is 358 g/mol. The molecule has 0 bridgehead atoms. The second-order valence-electron chi connectivity index (χ2n) is 5.83. The van der Waals surface area contributed by atoms with Crippen molar-refractivity contribution in [1.29, 1.82) is 0 Å². The van der Waals surface area contributed by atoms with Crippen LogP contribution in [0.25, 0.3) is 0 Å². The first-order chi connectivity index (χ1) is 11.4. The first-order valence-electron chi connectivity index (χ1n) is 7.70. The van der Waals surface area contributed by atoms with Gasteiger partial charge < -0.3 is 20.5 Å². The average Bonchev–Trinajstić information content (AvgIpc) is 2.50. The summed E-state index contributed by atoms with van der Waals surface area (Å²) in [6.07, 6.45) is 1.48. The van der Waals surface area contributed by atoms with Crippen LogP contribution in [-0.4, -0.2) is 42.4 Å². The van der Waals surface area contributed by atoms with Gasteiger partial charge in [-0.25, -0.2) is 9.18 Å². The van der Waals surface area contributed by atoms with Gasteiger partial charge >= 0.3 is 12.0 Å². The topological polar surface area (TPSA) is 87.7 Å². The fraction of sp³-hybridized carbons (Fsp3) is 0.500. The molecule has 1 aromatic carbocycles. The van der Waals surface area contributed by atoms with E-state index in [-0.39, 0.29) is 13.0 Å². The van der Waals surface area contributed by atoms with E-state index in [1.807, 2.05) is 0 Å². The molecule has 1 fully saturated rings. The van der Waals surface area contributed by atoms with Crippen molar-refractivity contribution in [3.05, 3.63) is 34.6 Å². The molecule has 2 rings (SSSR count). The smallest absolute Gasteiger partial charge is 0.315 e. The van der Waals surface area contributed by atoms with E-state index in [1.165, 1.54) is 12.1 Å². The van der Waals surface area contributed by atoms with E-state index in [2.05, 4.69) is 10.6 Å². The Kier molecular flexibility index (Phi) is 6.39. The number of rotatable bonds is 6. The summed E-state index contributed by atoms with van der Waals surface area (Å²) in [5.41, 5.74) is 0.179. The number of urea groups is 1. The number of hydrogen-bond donors (Lipinski definition) is 3. The fourth-order valence-electron chi connectivity index (χ4n) is 2.71. The summed E-state index contributed by atoms with van der Waals surface area (Å²) < 4.78 is 18.6. The standard InChI is InChI=1S/C16H20ClFN2O4/c17-13-9-12(18)2-1-11(13)10-16(4-7-24-8-5-16)20-15(23)19-6-3-14(21)22/h1-2,9H,3-8,10H2,(H,21,22)(H2,19,20,23). The van der Waals surface area contributed by atoms with Crippen LogP contribution in [0, 0.1) is 5.82 Å². The van der Waals surface area contributed by atoms with E-state index in [4.69, 9.17) is 21.4 Å². The molecule has 0 unspecified atom stereocenters. The fourth-order valence-corrected chi connectivity index (χ4v) is 2.94. The van der Waals surface area contributed by atoms with Crippen molar-refractivity contribution in [3.63, 3.8) is 0 Å². The minimum absolute atomic E-state index is 0.0467. The quantitative estimate of drug-likeness (QED) is 0.728. The molecule has 0 spiro atoms. The number of carbonyl (C=O) groups excluding carboxylic acids is 1. The Bertz CT molecular complexity index is 606. The molecule has 0 atom stereocenters. The van der Waals surface area contributed by atoms with Crippen LogP contribution >= 0.6 is 11.6 Å². The zero-order valence-corrected chi connectivity index (χ0v) is 13.9. The molecule has 0 aromatic heterocycles. The van der Waals surface area contributed by atoms with Gasteiger partial charge in [-0.15, -0.1) is 0 Å². The summed E-state index contributed by atoms with van der Waals surface area (Å²) in [5.74, 6) is -1.39. The summed E-state index contributed by atoms with van der Waals surface area (Å²) in [6.45, 7) is 1.04. The number of halogens is 2. The van der Waals surface area contributed by atoms with Crippen LogP contribution in [0.4, 0.5) is 9.18 Å². The highest BCUT2D eigenvalue weighted by molar-refractivity contribution is 6.31. The molecule has 0 aliphatic carbocycles. The van der Waals surface area contributed by atoms with E-state index in [0.29, 0.717) is 37.5 Å². The Labute approximate surface area is 144 Å². The van der Waals surface area contributed by atoms with Gasteiger partial charge in [0.2, 0.25) is 0 Å². The Morgan fingerprint density at radius 1 is 1.33 bits per heavy atom. The maximum atomic E-state index is 13.2. The minimum Gasteiger partial charge on any atom is -0.481 e. The Hall–Kier alpha value is -1.86. The third-order valence-electron chi connectivity index (χ3n) is 4.00. The Morgan fingerprint density at radius 2 is 2.04 bits per heavy atom. The summed E-state index contributed by atoms with van der Waals surface area (Å²) >= 11 is 6.10. The highest BCUT2D eigenvalue weighted by atomic mass is 35.5. The van der Waals surface area contributed by atoms with Gasteiger partial charge in [0.25, 0.3) is 0 Å². The van der Waals surface area contributed by atoms with E-state index < -0.39 is 23.4 Å². The van der Waals surface area contributed by atoms with Gasteiger partial charge in [-0.05, 0) is 37.0 Å². The van der Waals surface area contributed by atoms with Crippen LogP contribution in [0.3, 0.4) is 0 Å². The first-order valence-corrected chi connectivity index (χ1v) is 8.07. The van der Waals surface area contributed by atoms with Crippen LogP contribution in [0.15, 0.2) is 18.2 Å². The lowest BCUT2D eigenvalue weighted by Gasteiger charge is -2.38. The van der Waals surface area contributed by atoms with Gasteiger partial charge in [0.05, 0.1) is 12.0 Å². The molecule has 24 heavy (non-hydrogen) atoms. The Morgan fingerprint density at radius 3 is 2.67 bits per heavy atom. The molecule has 1 heterocycles. The third-order valence-corrected chi connectivity index (χ3v) is 4.35. The van der Waals surface area contributed by atoms with E-state index >= 15 is 0 Å². The predicted molar refractivity (Wildman–Crippen MR) is 86.7 cm³/mol. The molecule has 6 nitrogen and oxygen atoms in total. The average molecular weight is 359 g/mol. The summed E-state index contributed by atoms with van der Waals surface area (Å²) in [4.78, 5) is 22.6. The number of benzene rings is 1. The van der Waals surface area contributed by atoms with Crippen LogP contribution in [0.1, 0.15) is 24.8 Å². The lowest BCUT2D eigenvalue weighted by molar-refractivity contribution is -0.136. The normalized spacial score (nSPS) is 16.4. The molecular weight excluding hydrogens is 339 g/mol. The summed E-state index contributed by atoms with van der Waals surface area (Å²) in [5, 5.41) is 14.4. The van der Waals surface area contributed by atoms with Crippen molar-refractivity contribution in [3.8, 4) is 0 Å². The maximum Gasteiger partial charge on any atom is 0.315 e. The van der Waals surface area contributed by atoms with Crippen molar-refractivity contribution >= 4 is 23.6 Å². The number of amides is 2. The van der Waals surface area contributed by atoms with Gasteiger partial charge in [-0.3, -0.25) is 4.79 Å². The van der Waals surface area contributed by atoms with E-state index in [1.54, 1.807) is 6.07 Å². The van der Waals surface area contributed by atoms with Gasteiger partial charge in [0, 0.05) is 24.8 Å². The number of ether oxygens (including phenoxy) is 1. The second kappa shape index (κ2) is 8.30. The lowest BCUT2D eigenvalue weighted by Crippen LogP contribution is -2.56. The summed E-state index contributed by atoms with van der Waals surface area (Å²) in [7, 11) is 0. The number of nitrogens with one attached hydrogen (secondary N) is 2.